The van der Waals surface area contributed by atoms with Crippen molar-refractivity contribution >= 4 is 34.9 Å². The predicted molar refractivity (Wildman–Crippen MR) is 104 cm³/mol. The molecule has 1 aliphatic rings. The van der Waals surface area contributed by atoms with Crippen molar-refractivity contribution in [2.45, 2.75) is 18.2 Å². The Hall–Kier alpha value is -2.37. The number of benzene rings is 2. The zero-order chi connectivity index (χ0) is 18.8. The van der Waals surface area contributed by atoms with Gasteiger partial charge in [0.25, 0.3) is 0 Å². The van der Waals surface area contributed by atoms with Gasteiger partial charge < -0.3 is 0 Å². The summed E-state index contributed by atoms with van der Waals surface area (Å²) in [6.45, 7) is 1.93. The molecule has 0 heterocycles. The summed E-state index contributed by atoms with van der Waals surface area (Å²) in [5.41, 5.74) is 5.30. The van der Waals surface area contributed by atoms with Gasteiger partial charge in [0.05, 0.1) is 6.42 Å². The van der Waals surface area contributed by atoms with Gasteiger partial charge in [-0.15, -0.1) is 11.8 Å². The minimum absolute atomic E-state index is 0.0258. The molecule has 0 saturated carbocycles. The Morgan fingerprint density at radius 1 is 1.19 bits per heavy atom. The Morgan fingerprint density at radius 3 is 2.50 bits per heavy atom. The quantitative estimate of drug-likeness (QED) is 0.462. The van der Waals surface area contributed by atoms with Crippen LogP contribution in [-0.2, 0) is 4.79 Å². The summed E-state index contributed by atoms with van der Waals surface area (Å²) in [7, 11) is 1.30. The number of fused-ring (bicyclic) bond motifs is 1. The van der Waals surface area contributed by atoms with E-state index < -0.39 is 5.91 Å². The van der Waals surface area contributed by atoms with Gasteiger partial charge in [-0.25, -0.2) is 9.45 Å². The van der Waals surface area contributed by atoms with Crippen LogP contribution in [0.1, 0.15) is 30.0 Å². The van der Waals surface area contributed by atoms with E-state index >= 15 is 0 Å². The SMILES string of the molecule is CSc1ccc(/C=C2\C(C)=C(CC(=O)N(C)O)c3cc(F)ccc32)cc1. The number of hydrogen-bond donors (Lipinski definition) is 1. The van der Waals surface area contributed by atoms with Crippen molar-refractivity contribution in [2.75, 3.05) is 13.3 Å². The average Bonchev–Trinajstić information content (AvgIpc) is 2.87. The first-order valence-electron chi connectivity index (χ1n) is 8.22. The van der Waals surface area contributed by atoms with Crippen molar-refractivity contribution in [2.24, 2.45) is 0 Å². The first kappa shape index (κ1) is 18.4. The molecule has 0 spiro atoms. The van der Waals surface area contributed by atoms with E-state index in [9.17, 15) is 14.4 Å². The third-order valence-corrected chi connectivity index (χ3v) is 5.31. The molecule has 1 amide bonds. The number of carbonyl (C=O) groups excluding carboxylic acids is 1. The zero-order valence-corrected chi connectivity index (χ0v) is 15.7. The third-order valence-electron chi connectivity index (χ3n) is 4.57. The third kappa shape index (κ3) is 3.59. The molecule has 26 heavy (non-hydrogen) atoms. The van der Waals surface area contributed by atoms with Crippen molar-refractivity contribution in [3.63, 3.8) is 0 Å². The molecular formula is C21H20FNO2S. The van der Waals surface area contributed by atoms with Gasteiger partial charge in [0.15, 0.2) is 0 Å². The van der Waals surface area contributed by atoms with Crippen LogP contribution in [0.2, 0.25) is 0 Å². The highest BCUT2D eigenvalue weighted by molar-refractivity contribution is 7.98. The molecule has 2 aromatic carbocycles. The maximum Gasteiger partial charge on any atom is 0.250 e. The Balaban J connectivity index is 2.08. The Morgan fingerprint density at radius 2 is 1.88 bits per heavy atom. The highest BCUT2D eigenvalue weighted by Crippen LogP contribution is 2.44. The topological polar surface area (TPSA) is 40.5 Å². The Bertz CT molecular complexity index is 914. The van der Waals surface area contributed by atoms with Gasteiger partial charge in [-0.2, -0.15) is 0 Å². The summed E-state index contributed by atoms with van der Waals surface area (Å²) in [4.78, 5) is 13.2. The van der Waals surface area contributed by atoms with E-state index in [-0.39, 0.29) is 12.2 Å². The number of allylic oxidation sites excluding steroid dienone is 2. The number of nitrogens with zero attached hydrogens (tertiary/aromatic N) is 1. The van der Waals surface area contributed by atoms with Crippen LogP contribution in [-0.4, -0.2) is 29.5 Å². The van der Waals surface area contributed by atoms with Gasteiger partial charge in [-0.05, 0) is 76.9 Å². The number of halogens is 1. The molecule has 0 unspecified atom stereocenters. The van der Waals surface area contributed by atoms with Gasteiger partial charge in [-0.3, -0.25) is 10.0 Å². The van der Waals surface area contributed by atoms with Gasteiger partial charge >= 0.3 is 0 Å². The highest BCUT2D eigenvalue weighted by atomic mass is 32.2. The summed E-state index contributed by atoms with van der Waals surface area (Å²) in [6.07, 6.45) is 4.11. The van der Waals surface area contributed by atoms with Crippen LogP contribution in [0.3, 0.4) is 0 Å². The summed E-state index contributed by atoms with van der Waals surface area (Å²) < 4.78 is 13.8. The number of rotatable bonds is 4. The van der Waals surface area contributed by atoms with E-state index in [4.69, 9.17) is 0 Å². The molecule has 0 aromatic heterocycles. The second-order valence-corrected chi connectivity index (χ2v) is 7.10. The lowest BCUT2D eigenvalue weighted by Gasteiger charge is -2.10. The van der Waals surface area contributed by atoms with Gasteiger partial charge in [0, 0.05) is 11.9 Å². The second-order valence-electron chi connectivity index (χ2n) is 6.22. The van der Waals surface area contributed by atoms with Crippen LogP contribution in [0.15, 0.2) is 52.9 Å². The van der Waals surface area contributed by atoms with Gasteiger partial charge in [0.1, 0.15) is 5.82 Å². The van der Waals surface area contributed by atoms with E-state index in [0.29, 0.717) is 10.6 Å². The standard InChI is InChI=1S/C21H20FNO2S/c1-13-18(10-14-4-7-16(26-3)8-5-14)17-9-6-15(22)11-20(17)19(13)12-21(24)23(2)25/h4-11,25H,12H2,1-3H3/b18-10+. The molecule has 134 valence electrons. The van der Waals surface area contributed by atoms with Crippen LogP contribution < -0.4 is 0 Å². The summed E-state index contributed by atoms with van der Waals surface area (Å²) in [5.74, 6) is -0.774. The monoisotopic (exact) mass is 369 g/mol. The van der Waals surface area contributed by atoms with Crippen molar-refractivity contribution < 1.29 is 14.4 Å². The predicted octanol–water partition coefficient (Wildman–Crippen LogP) is 5.11. The van der Waals surface area contributed by atoms with Crippen LogP contribution in [0, 0.1) is 5.82 Å². The number of carbonyl (C=O) groups is 1. The lowest BCUT2D eigenvalue weighted by atomic mass is 10.0. The number of amides is 1. The van der Waals surface area contributed by atoms with E-state index in [2.05, 4.69) is 18.2 Å². The summed E-state index contributed by atoms with van der Waals surface area (Å²) >= 11 is 1.68. The molecular weight excluding hydrogens is 349 g/mol. The van der Waals surface area contributed by atoms with Crippen molar-refractivity contribution in [1.29, 1.82) is 0 Å². The number of hydroxylamine groups is 2. The maximum atomic E-state index is 13.8. The average molecular weight is 369 g/mol. The largest absolute Gasteiger partial charge is 0.286 e. The molecule has 1 N–H and O–H groups in total. The normalized spacial score (nSPS) is 14.7. The van der Waals surface area contributed by atoms with Crippen molar-refractivity contribution in [3.8, 4) is 0 Å². The molecule has 1 aliphatic carbocycles. The fourth-order valence-electron chi connectivity index (χ4n) is 3.11. The zero-order valence-electron chi connectivity index (χ0n) is 14.9. The molecule has 0 fully saturated rings. The summed E-state index contributed by atoms with van der Waals surface area (Å²) in [6, 6.07) is 12.8. The lowest BCUT2D eigenvalue weighted by molar-refractivity contribution is -0.157. The minimum Gasteiger partial charge on any atom is -0.286 e. The molecule has 3 nitrogen and oxygen atoms in total. The molecule has 0 saturated heterocycles. The van der Waals surface area contributed by atoms with Crippen molar-refractivity contribution in [1.82, 2.24) is 5.06 Å². The van der Waals surface area contributed by atoms with Crippen LogP contribution in [0.25, 0.3) is 17.2 Å². The molecule has 3 rings (SSSR count). The summed E-state index contributed by atoms with van der Waals surface area (Å²) in [5, 5.41) is 9.96. The van der Waals surface area contributed by atoms with Gasteiger partial charge in [0.2, 0.25) is 5.91 Å². The number of thioether (sulfide) groups is 1. The molecule has 0 aliphatic heterocycles. The first-order valence-corrected chi connectivity index (χ1v) is 9.44. The molecule has 0 radical (unpaired) electrons. The molecule has 0 atom stereocenters. The van der Waals surface area contributed by atoms with E-state index in [0.717, 1.165) is 27.8 Å². The Kier molecular flexibility index (Phi) is 5.30. The minimum atomic E-state index is -0.430. The van der Waals surface area contributed by atoms with E-state index in [1.807, 2.05) is 25.3 Å². The van der Waals surface area contributed by atoms with Crippen LogP contribution >= 0.6 is 11.8 Å². The molecule has 0 bridgehead atoms. The van der Waals surface area contributed by atoms with E-state index in [1.54, 1.807) is 17.8 Å². The van der Waals surface area contributed by atoms with Crippen molar-refractivity contribution in [3.05, 3.63) is 70.5 Å². The van der Waals surface area contributed by atoms with Gasteiger partial charge in [-0.1, -0.05) is 18.2 Å². The fraction of sp³-hybridized carbons (Fsp3) is 0.190. The molecule has 5 heteroatoms. The maximum absolute atomic E-state index is 13.8. The van der Waals surface area contributed by atoms with E-state index in [1.165, 1.54) is 24.1 Å². The fourth-order valence-corrected chi connectivity index (χ4v) is 3.52. The van der Waals surface area contributed by atoms with Crippen LogP contribution in [0.4, 0.5) is 4.39 Å². The number of hydrogen-bond acceptors (Lipinski definition) is 3. The Labute approximate surface area is 156 Å². The first-order chi connectivity index (χ1) is 12.4. The smallest absolute Gasteiger partial charge is 0.250 e. The lowest BCUT2D eigenvalue weighted by Crippen LogP contribution is -2.22. The molecule has 2 aromatic rings. The highest BCUT2D eigenvalue weighted by Gasteiger charge is 2.26. The second kappa shape index (κ2) is 7.48. The van der Waals surface area contributed by atoms with Crippen LogP contribution in [0.5, 0.6) is 0 Å².